The van der Waals surface area contributed by atoms with Gasteiger partial charge in [0.15, 0.2) is 11.5 Å². The van der Waals surface area contributed by atoms with Crippen LogP contribution < -0.4 is 5.32 Å². The van der Waals surface area contributed by atoms with Gasteiger partial charge in [0, 0.05) is 46.2 Å². The lowest BCUT2D eigenvalue weighted by Crippen LogP contribution is -2.00. The van der Waals surface area contributed by atoms with Crippen molar-refractivity contribution in [2.24, 2.45) is 0 Å². The van der Waals surface area contributed by atoms with Crippen LogP contribution in [0.15, 0.2) is 85.7 Å². The molecule has 162 valence electrons. The number of pyridine rings is 2. The molecule has 3 heterocycles. The summed E-state index contributed by atoms with van der Waals surface area (Å²) in [6.45, 7) is 8.21. The Morgan fingerprint density at radius 2 is 1.73 bits per heavy atom. The molecule has 3 aromatic heterocycles. The number of nitrogens with zero attached hydrogens (tertiary/aromatic N) is 4. The van der Waals surface area contributed by atoms with Crippen molar-refractivity contribution in [3.05, 3.63) is 108 Å². The van der Waals surface area contributed by atoms with Gasteiger partial charge in [0.1, 0.15) is 5.82 Å². The second kappa shape index (κ2) is 8.31. The van der Waals surface area contributed by atoms with Gasteiger partial charge in [-0.15, -0.1) is 10.2 Å². The maximum atomic E-state index is 13.2. The third-order valence-electron chi connectivity index (χ3n) is 5.70. The molecule has 0 bridgehead atoms. The van der Waals surface area contributed by atoms with Crippen molar-refractivity contribution in [3.8, 4) is 22.5 Å². The minimum absolute atomic E-state index is 0.272. The summed E-state index contributed by atoms with van der Waals surface area (Å²) in [5.41, 5.74) is 8.16. The minimum Gasteiger partial charge on any atom is -0.356 e. The van der Waals surface area contributed by atoms with Crippen molar-refractivity contribution in [3.63, 3.8) is 0 Å². The van der Waals surface area contributed by atoms with Gasteiger partial charge in [0.2, 0.25) is 0 Å². The molecule has 6 heteroatoms. The molecule has 1 N–H and O–H groups in total. The molecule has 0 amide bonds. The maximum absolute atomic E-state index is 13.2. The van der Waals surface area contributed by atoms with Crippen molar-refractivity contribution in [2.75, 3.05) is 5.32 Å². The van der Waals surface area contributed by atoms with E-state index >= 15 is 0 Å². The van der Waals surface area contributed by atoms with Crippen LogP contribution in [0.4, 0.5) is 10.1 Å². The highest BCUT2D eigenvalue weighted by molar-refractivity contribution is 5.84. The Balaban J connectivity index is 1.55. The van der Waals surface area contributed by atoms with Gasteiger partial charge >= 0.3 is 0 Å². The van der Waals surface area contributed by atoms with Gasteiger partial charge in [-0.3, -0.25) is 9.38 Å². The van der Waals surface area contributed by atoms with Crippen LogP contribution in [0.1, 0.15) is 16.8 Å². The zero-order valence-corrected chi connectivity index (χ0v) is 18.4. The average molecular weight is 436 g/mol. The topological polar surface area (TPSA) is 55.1 Å². The van der Waals surface area contributed by atoms with E-state index in [0.29, 0.717) is 0 Å². The van der Waals surface area contributed by atoms with Crippen molar-refractivity contribution >= 4 is 17.0 Å². The molecule has 0 fully saturated rings. The molecular weight excluding hydrogens is 413 g/mol. The highest BCUT2D eigenvalue weighted by Crippen LogP contribution is 2.31. The van der Waals surface area contributed by atoms with Crippen LogP contribution in [-0.2, 0) is 0 Å². The number of nitrogens with one attached hydrogen (secondary N) is 1. The highest BCUT2D eigenvalue weighted by atomic mass is 19.1. The van der Waals surface area contributed by atoms with Crippen LogP contribution in [0.2, 0.25) is 0 Å². The number of hydrogen-bond acceptors (Lipinski definition) is 4. The first-order valence-electron chi connectivity index (χ1n) is 10.6. The van der Waals surface area contributed by atoms with Crippen LogP contribution in [0, 0.1) is 19.7 Å². The molecule has 5 nitrogen and oxygen atoms in total. The minimum atomic E-state index is -0.272. The first-order chi connectivity index (χ1) is 16.0. The standard InChI is InChI=1S/C27H22FN5/c1-17-8-9-20(16-25(17)19(3)30-22-12-10-21(28)11-13-22)24-7-5-15-33-26(31-32-27(24)33)23-6-4-14-29-18(23)2/h4-16,30H,3H2,1-2H3. The van der Waals surface area contributed by atoms with E-state index in [0.717, 1.165) is 56.4 Å². The Morgan fingerprint density at radius 3 is 2.52 bits per heavy atom. The Bertz CT molecular complexity index is 1480. The Labute approximate surface area is 191 Å². The Hall–Kier alpha value is -4.32. The number of hydrogen-bond donors (Lipinski definition) is 1. The summed E-state index contributed by atoms with van der Waals surface area (Å²) < 4.78 is 15.2. The summed E-state index contributed by atoms with van der Waals surface area (Å²) in [6, 6.07) is 20.4. The van der Waals surface area contributed by atoms with E-state index in [9.17, 15) is 4.39 Å². The maximum Gasteiger partial charge on any atom is 0.170 e. The summed E-state index contributed by atoms with van der Waals surface area (Å²) in [6.07, 6.45) is 3.74. The monoisotopic (exact) mass is 435 g/mol. The quantitative estimate of drug-likeness (QED) is 0.352. The highest BCUT2D eigenvalue weighted by Gasteiger charge is 2.15. The Kier molecular flexibility index (Phi) is 5.18. The lowest BCUT2D eigenvalue weighted by atomic mass is 9.98. The fourth-order valence-electron chi connectivity index (χ4n) is 3.94. The SMILES string of the molecule is C=C(Nc1ccc(F)cc1)c1cc(-c2cccn3c(-c4cccnc4C)nnc23)ccc1C. The summed E-state index contributed by atoms with van der Waals surface area (Å²) in [5.74, 6) is 0.485. The number of anilines is 1. The van der Waals surface area contributed by atoms with Gasteiger partial charge in [0.05, 0.1) is 0 Å². The van der Waals surface area contributed by atoms with Crippen LogP contribution >= 0.6 is 0 Å². The predicted molar refractivity (Wildman–Crippen MR) is 130 cm³/mol. The van der Waals surface area contributed by atoms with Gasteiger partial charge in [-0.05, 0) is 79.6 Å². The van der Waals surface area contributed by atoms with E-state index in [4.69, 9.17) is 0 Å². The second-order valence-corrected chi connectivity index (χ2v) is 7.92. The summed E-state index contributed by atoms with van der Waals surface area (Å²) in [4.78, 5) is 4.38. The van der Waals surface area contributed by atoms with E-state index < -0.39 is 0 Å². The van der Waals surface area contributed by atoms with E-state index in [1.165, 1.54) is 12.1 Å². The zero-order chi connectivity index (χ0) is 22.9. The molecule has 0 aliphatic carbocycles. The molecule has 0 atom stereocenters. The number of aryl methyl sites for hydroxylation is 2. The van der Waals surface area contributed by atoms with E-state index in [2.05, 4.69) is 45.3 Å². The fraction of sp³-hybridized carbons (Fsp3) is 0.0741. The lowest BCUT2D eigenvalue weighted by molar-refractivity contribution is 0.628. The third-order valence-corrected chi connectivity index (χ3v) is 5.70. The van der Waals surface area contributed by atoms with Crippen molar-refractivity contribution < 1.29 is 4.39 Å². The Morgan fingerprint density at radius 1 is 0.939 bits per heavy atom. The molecule has 2 aromatic carbocycles. The van der Waals surface area contributed by atoms with Crippen molar-refractivity contribution in [1.29, 1.82) is 0 Å². The number of rotatable bonds is 5. The predicted octanol–water partition coefficient (Wildman–Crippen LogP) is 6.30. The molecule has 0 aliphatic heterocycles. The summed E-state index contributed by atoms with van der Waals surface area (Å²) in [5, 5.41) is 12.2. The lowest BCUT2D eigenvalue weighted by Gasteiger charge is -2.14. The number of benzene rings is 2. The second-order valence-electron chi connectivity index (χ2n) is 7.92. The van der Waals surface area contributed by atoms with Crippen LogP contribution in [0.3, 0.4) is 0 Å². The van der Waals surface area contributed by atoms with Gasteiger partial charge in [0.25, 0.3) is 0 Å². The molecule has 0 saturated heterocycles. The fourth-order valence-corrected chi connectivity index (χ4v) is 3.94. The van der Waals surface area contributed by atoms with Gasteiger partial charge < -0.3 is 5.32 Å². The third kappa shape index (κ3) is 3.87. The molecule has 0 radical (unpaired) electrons. The summed E-state index contributed by atoms with van der Waals surface area (Å²) in [7, 11) is 0. The number of fused-ring (bicyclic) bond motifs is 1. The van der Waals surface area contributed by atoms with Gasteiger partial charge in [-0.25, -0.2) is 4.39 Å². The molecule has 5 aromatic rings. The average Bonchev–Trinajstić information content (AvgIpc) is 3.25. The smallest absolute Gasteiger partial charge is 0.170 e. The molecule has 5 rings (SSSR count). The van der Waals surface area contributed by atoms with Gasteiger partial charge in [-0.1, -0.05) is 18.7 Å². The largest absolute Gasteiger partial charge is 0.356 e. The van der Waals surface area contributed by atoms with Crippen LogP contribution in [0.25, 0.3) is 33.9 Å². The first kappa shape index (κ1) is 20.6. The molecule has 0 unspecified atom stereocenters. The van der Waals surface area contributed by atoms with Crippen molar-refractivity contribution in [1.82, 2.24) is 19.6 Å². The molecule has 33 heavy (non-hydrogen) atoms. The number of aromatic nitrogens is 4. The van der Waals surface area contributed by atoms with E-state index in [-0.39, 0.29) is 5.82 Å². The zero-order valence-electron chi connectivity index (χ0n) is 18.4. The molecule has 0 saturated carbocycles. The number of halogens is 1. The first-order valence-corrected chi connectivity index (χ1v) is 10.6. The molecular formula is C27H22FN5. The van der Waals surface area contributed by atoms with Gasteiger partial charge in [-0.2, -0.15) is 0 Å². The van der Waals surface area contributed by atoms with Crippen molar-refractivity contribution in [2.45, 2.75) is 13.8 Å². The van der Waals surface area contributed by atoms with Crippen LogP contribution in [-0.4, -0.2) is 19.6 Å². The van der Waals surface area contributed by atoms with E-state index in [1.807, 2.05) is 48.7 Å². The molecule has 0 aliphatic rings. The van der Waals surface area contributed by atoms with E-state index in [1.54, 1.807) is 18.3 Å². The normalized spacial score (nSPS) is 11.0. The van der Waals surface area contributed by atoms with Crippen LogP contribution in [0.5, 0.6) is 0 Å². The molecule has 0 spiro atoms. The summed E-state index contributed by atoms with van der Waals surface area (Å²) >= 11 is 0.